The van der Waals surface area contributed by atoms with Gasteiger partial charge in [0.1, 0.15) is 0 Å². The van der Waals surface area contributed by atoms with Gasteiger partial charge in [0.05, 0.1) is 0 Å². The number of likely N-dealkylation sites (N-methyl/N-ethyl adjacent to an activating group) is 1. The van der Waals surface area contributed by atoms with E-state index < -0.39 is 0 Å². The maximum atomic E-state index is 3.60. The van der Waals surface area contributed by atoms with Crippen LogP contribution in [-0.2, 0) is 0 Å². The van der Waals surface area contributed by atoms with Gasteiger partial charge in [-0.05, 0) is 58.0 Å². The van der Waals surface area contributed by atoms with Gasteiger partial charge in [0.2, 0.25) is 0 Å². The summed E-state index contributed by atoms with van der Waals surface area (Å²) in [5.41, 5.74) is 0. The van der Waals surface area contributed by atoms with E-state index in [0.29, 0.717) is 0 Å². The lowest BCUT2D eigenvalue weighted by Crippen LogP contribution is -2.46. The smallest absolute Gasteiger partial charge is 0.0220 e. The topological polar surface area (TPSA) is 15.3 Å². The Balaban J connectivity index is 1.80. The predicted molar refractivity (Wildman–Crippen MR) is 74.3 cm³/mol. The highest BCUT2D eigenvalue weighted by Crippen LogP contribution is 2.30. The lowest BCUT2D eigenvalue weighted by molar-refractivity contribution is 0.115. The summed E-state index contributed by atoms with van der Waals surface area (Å²) in [6, 6.07) is 1.66. The van der Waals surface area contributed by atoms with Crippen molar-refractivity contribution in [2.75, 3.05) is 20.1 Å². The molecule has 2 nitrogen and oxygen atoms in total. The fourth-order valence-electron chi connectivity index (χ4n) is 3.61. The number of hydrogen-bond donors (Lipinski definition) is 1. The molecule has 2 rings (SSSR count). The molecule has 0 aromatic rings. The highest BCUT2D eigenvalue weighted by Gasteiger charge is 2.27. The lowest BCUT2D eigenvalue weighted by atomic mass is 9.83. The molecule has 1 aliphatic carbocycles. The van der Waals surface area contributed by atoms with Crippen molar-refractivity contribution in [1.82, 2.24) is 10.2 Å². The van der Waals surface area contributed by atoms with Crippen molar-refractivity contribution in [2.45, 2.75) is 70.4 Å². The maximum absolute atomic E-state index is 3.60. The Morgan fingerprint density at radius 2 is 1.76 bits per heavy atom. The van der Waals surface area contributed by atoms with E-state index >= 15 is 0 Å². The second-order valence-electron chi connectivity index (χ2n) is 6.10. The largest absolute Gasteiger partial charge is 0.315 e. The van der Waals surface area contributed by atoms with E-state index in [1.807, 2.05) is 0 Å². The van der Waals surface area contributed by atoms with Crippen molar-refractivity contribution < 1.29 is 0 Å². The van der Waals surface area contributed by atoms with Crippen molar-refractivity contribution >= 4 is 0 Å². The summed E-state index contributed by atoms with van der Waals surface area (Å²) in [4.78, 5) is 2.70. The van der Waals surface area contributed by atoms with Crippen LogP contribution in [0.3, 0.4) is 0 Å². The molecule has 0 bridgehead atoms. The van der Waals surface area contributed by atoms with E-state index in [4.69, 9.17) is 0 Å². The highest BCUT2D eigenvalue weighted by atomic mass is 15.2. The molecule has 1 saturated carbocycles. The Bertz CT molecular complexity index is 201. The Hall–Kier alpha value is -0.0800. The monoisotopic (exact) mass is 238 g/mol. The first-order valence-corrected chi connectivity index (χ1v) is 7.74. The van der Waals surface area contributed by atoms with Crippen LogP contribution in [0.1, 0.15) is 58.3 Å². The second kappa shape index (κ2) is 6.75. The van der Waals surface area contributed by atoms with Gasteiger partial charge in [-0.3, -0.25) is 4.90 Å². The third-order valence-electron chi connectivity index (χ3n) is 5.07. The minimum Gasteiger partial charge on any atom is -0.315 e. The van der Waals surface area contributed by atoms with Gasteiger partial charge in [-0.25, -0.2) is 0 Å². The van der Waals surface area contributed by atoms with Crippen LogP contribution in [0.4, 0.5) is 0 Å². The van der Waals surface area contributed by atoms with Gasteiger partial charge in [-0.15, -0.1) is 0 Å². The zero-order chi connectivity index (χ0) is 12.1. The van der Waals surface area contributed by atoms with Crippen LogP contribution < -0.4 is 5.32 Å². The summed E-state index contributed by atoms with van der Waals surface area (Å²) in [7, 11) is 2.37. The molecule has 1 N–H and O–H groups in total. The number of nitrogens with one attached hydrogen (secondary N) is 1. The second-order valence-corrected chi connectivity index (χ2v) is 6.10. The van der Waals surface area contributed by atoms with Crippen LogP contribution in [0, 0.1) is 5.92 Å². The molecule has 1 aliphatic heterocycles. The predicted octanol–water partition coefficient (Wildman–Crippen LogP) is 3.03. The molecule has 1 heterocycles. The van der Waals surface area contributed by atoms with E-state index in [-0.39, 0.29) is 0 Å². The molecule has 2 fully saturated rings. The molecule has 0 aromatic carbocycles. The molecule has 1 atom stereocenters. The van der Waals surface area contributed by atoms with Crippen LogP contribution >= 0.6 is 0 Å². The molecule has 1 unspecified atom stereocenters. The van der Waals surface area contributed by atoms with Gasteiger partial charge in [-0.2, -0.15) is 0 Å². The first-order valence-electron chi connectivity index (χ1n) is 7.74. The number of rotatable bonds is 3. The molecule has 17 heavy (non-hydrogen) atoms. The van der Waals surface area contributed by atoms with Crippen LogP contribution in [0.15, 0.2) is 0 Å². The third kappa shape index (κ3) is 3.69. The van der Waals surface area contributed by atoms with Crippen LogP contribution in [0.25, 0.3) is 0 Å². The Kier molecular flexibility index (Phi) is 5.30. The lowest BCUT2D eigenvalue weighted by Gasteiger charge is -2.38. The van der Waals surface area contributed by atoms with Gasteiger partial charge < -0.3 is 5.32 Å². The minimum atomic E-state index is 0.792. The van der Waals surface area contributed by atoms with Gasteiger partial charge in [-0.1, -0.05) is 19.8 Å². The summed E-state index contributed by atoms with van der Waals surface area (Å²) >= 11 is 0. The third-order valence-corrected chi connectivity index (χ3v) is 5.07. The molecule has 2 aliphatic rings. The van der Waals surface area contributed by atoms with Crippen molar-refractivity contribution in [2.24, 2.45) is 5.92 Å². The van der Waals surface area contributed by atoms with E-state index in [1.54, 1.807) is 0 Å². The summed E-state index contributed by atoms with van der Waals surface area (Å²) in [5.74, 6) is 1.02. The van der Waals surface area contributed by atoms with Gasteiger partial charge in [0.15, 0.2) is 0 Å². The Morgan fingerprint density at radius 1 is 1.00 bits per heavy atom. The molecule has 0 aromatic heterocycles. The Labute approximate surface area is 107 Å². The van der Waals surface area contributed by atoms with Crippen molar-refractivity contribution in [3.8, 4) is 0 Å². The van der Waals surface area contributed by atoms with Gasteiger partial charge >= 0.3 is 0 Å². The van der Waals surface area contributed by atoms with Crippen molar-refractivity contribution in [1.29, 1.82) is 0 Å². The SMILES string of the molecule is CCC1CCC(N(C)C2CCCCNC2)CC1. The fraction of sp³-hybridized carbons (Fsp3) is 1.00. The van der Waals surface area contributed by atoms with Crippen molar-refractivity contribution in [3.63, 3.8) is 0 Å². The zero-order valence-electron chi connectivity index (χ0n) is 11.8. The molecule has 100 valence electrons. The van der Waals surface area contributed by atoms with Gasteiger partial charge in [0.25, 0.3) is 0 Å². The minimum absolute atomic E-state index is 0.792. The maximum Gasteiger partial charge on any atom is 0.0220 e. The highest BCUT2D eigenvalue weighted by molar-refractivity contribution is 4.83. The quantitative estimate of drug-likeness (QED) is 0.813. The summed E-state index contributed by atoms with van der Waals surface area (Å²) in [5, 5.41) is 3.60. The summed E-state index contributed by atoms with van der Waals surface area (Å²) in [6.45, 7) is 4.79. The van der Waals surface area contributed by atoms with Crippen LogP contribution in [-0.4, -0.2) is 37.1 Å². The van der Waals surface area contributed by atoms with E-state index in [9.17, 15) is 0 Å². The normalized spacial score (nSPS) is 35.8. The summed E-state index contributed by atoms with van der Waals surface area (Å²) in [6.07, 6.45) is 11.4. The number of nitrogens with zero attached hydrogens (tertiary/aromatic N) is 1. The first kappa shape index (κ1) is 13.4. The average molecular weight is 238 g/mol. The van der Waals surface area contributed by atoms with Crippen LogP contribution in [0.5, 0.6) is 0 Å². The molecule has 0 radical (unpaired) electrons. The fourth-order valence-corrected chi connectivity index (χ4v) is 3.61. The molecule has 0 amide bonds. The zero-order valence-corrected chi connectivity index (χ0v) is 11.8. The van der Waals surface area contributed by atoms with E-state index in [2.05, 4.69) is 24.2 Å². The van der Waals surface area contributed by atoms with Crippen molar-refractivity contribution in [3.05, 3.63) is 0 Å². The van der Waals surface area contributed by atoms with Crippen LogP contribution in [0.2, 0.25) is 0 Å². The first-order chi connectivity index (χ1) is 8.31. The van der Waals surface area contributed by atoms with E-state index in [0.717, 1.165) is 18.0 Å². The Morgan fingerprint density at radius 3 is 2.47 bits per heavy atom. The summed E-state index contributed by atoms with van der Waals surface area (Å²) < 4.78 is 0. The van der Waals surface area contributed by atoms with Gasteiger partial charge in [0, 0.05) is 18.6 Å². The standard InChI is InChI=1S/C15H30N2/c1-3-13-7-9-14(10-8-13)17(2)15-6-4-5-11-16-12-15/h13-16H,3-12H2,1-2H3. The average Bonchev–Trinajstić information content (AvgIpc) is 2.67. The number of hydrogen-bond acceptors (Lipinski definition) is 2. The molecule has 0 spiro atoms. The van der Waals surface area contributed by atoms with E-state index in [1.165, 1.54) is 64.5 Å². The molecule has 1 saturated heterocycles. The molecular weight excluding hydrogens is 208 g/mol. The molecule has 2 heteroatoms. The molecular formula is C15H30N2.